The number of carbonyl (C=O) groups is 1. The third kappa shape index (κ3) is 4.23. The first-order valence-corrected chi connectivity index (χ1v) is 6.71. The minimum absolute atomic E-state index is 0.0402. The number of amides is 2. The Morgan fingerprint density at radius 2 is 2.33 bits per heavy atom. The molecule has 4 heteroatoms. The lowest BCUT2D eigenvalue weighted by Crippen LogP contribution is -2.45. The predicted molar refractivity (Wildman–Crippen MR) is 72.0 cm³/mol. The second-order valence-electron chi connectivity index (χ2n) is 5.10. The number of terminal acetylenes is 1. The third-order valence-electron chi connectivity index (χ3n) is 3.66. The van der Waals surface area contributed by atoms with Crippen molar-refractivity contribution in [2.24, 2.45) is 5.92 Å². The number of hydrogen-bond donors (Lipinski definition) is 2. The van der Waals surface area contributed by atoms with E-state index in [4.69, 9.17) is 6.42 Å². The van der Waals surface area contributed by atoms with Gasteiger partial charge in [0.15, 0.2) is 0 Å². The lowest BCUT2D eigenvalue weighted by atomic mass is 10.1. The second kappa shape index (κ2) is 7.27. The van der Waals surface area contributed by atoms with E-state index < -0.39 is 0 Å². The molecule has 0 radical (unpaired) electrons. The van der Waals surface area contributed by atoms with Gasteiger partial charge in [-0.1, -0.05) is 13.3 Å². The smallest absolute Gasteiger partial charge is 0.317 e. The maximum Gasteiger partial charge on any atom is 0.317 e. The molecular formula is C14H24N2O2. The van der Waals surface area contributed by atoms with Crippen molar-refractivity contribution in [3.8, 4) is 12.3 Å². The Labute approximate surface area is 110 Å². The molecular weight excluding hydrogens is 228 g/mol. The van der Waals surface area contributed by atoms with Gasteiger partial charge >= 0.3 is 6.03 Å². The lowest BCUT2D eigenvalue weighted by molar-refractivity contribution is 0.113. The minimum Gasteiger partial charge on any atom is -0.393 e. The van der Waals surface area contributed by atoms with Gasteiger partial charge in [-0.25, -0.2) is 4.79 Å². The molecule has 0 spiro atoms. The van der Waals surface area contributed by atoms with Crippen LogP contribution in [0, 0.1) is 18.3 Å². The van der Waals surface area contributed by atoms with E-state index >= 15 is 0 Å². The predicted octanol–water partition coefficient (Wildman–Crippen LogP) is 1.59. The van der Waals surface area contributed by atoms with Crippen molar-refractivity contribution in [1.82, 2.24) is 10.2 Å². The maximum atomic E-state index is 11.9. The summed E-state index contributed by atoms with van der Waals surface area (Å²) in [6, 6.07) is -0.0605. The number of aliphatic hydroxyl groups is 1. The largest absolute Gasteiger partial charge is 0.393 e. The van der Waals surface area contributed by atoms with E-state index in [2.05, 4.69) is 11.2 Å². The fourth-order valence-electron chi connectivity index (χ4n) is 2.39. The van der Waals surface area contributed by atoms with Gasteiger partial charge in [-0.2, -0.15) is 0 Å². The van der Waals surface area contributed by atoms with E-state index in [0.717, 1.165) is 25.7 Å². The normalized spacial score (nSPS) is 24.3. The van der Waals surface area contributed by atoms with Crippen LogP contribution in [0.2, 0.25) is 0 Å². The van der Waals surface area contributed by atoms with Gasteiger partial charge in [0, 0.05) is 32.0 Å². The van der Waals surface area contributed by atoms with Crippen LogP contribution in [0.1, 0.15) is 39.0 Å². The topological polar surface area (TPSA) is 52.6 Å². The summed E-state index contributed by atoms with van der Waals surface area (Å²) in [6.45, 7) is 2.61. The summed E-state index contributed by atoms with van der Waals surface area (Å²) in [5.74, 6) is 2.79. The van der Waals surface area contributed by atoms with Crippen molar-refractivity contribution in [2.45, 2.75) is 51.2 Å². The highest BCUT2D eigenvalue weighted by Gasteiger charge is 2.27. The van der Waals surface area contributed by atoms with Gasteiger partial charge in [-0.15, -0.1) is 12.3 Å². The second-order valence-corrected chi connectivity index (χ2v) is 5.10. The van der Waals surface area contributed by atoms with Crippen molar-refractivity contribution in [3.05, 3.63) is 0 Å². The molecule has 2 amide bonds. The molecule has 0 aromatic heterocycles. The van der Waals surface area contributed by atoms with Crippen molar-refractivity contribution >= 4 is 6.03 Å². The van der Waals surface area contributed by atoms with E-state index in [0.29, 0.717) is 13.0 Å². The molecule has 102 valence electrons. The van der Waals surface area contributed by atoms with Gasteiger partial charge in [0.25, 0.3) is 0 Å². The first kappa shape index (κ1) is 14.8. The van der Waals surface area contributed by atoms with Crippen LogP contribution in [0.15, 0.2) is 0 Å². The summed E-state index contributed by atoms with van der Waals surface area (Å²) in [7, 11) is 1.77. The van der Waals surface area contributed by atoms with Crippen LogP contribution >= 0.6 is 0 Å². The minimum atomic E-state index is -0.257. The quantitative estimate of drug-likeness (QED) is 0.730. The Kier molecular flexibility index (Phi) is 6.00. The zero-order valence-corrected chi connectivity index (χ0v) is 11.4. The van der Waals surface area contributed by atoms with E-state index in [9.17, 15) is 9.90 Å². The standard InChI is InChI=1S/C14H24N2O2/c1-4-7-12(5-2)15-14(18)16(3)10-11-8-6-9-13(11)17/h1,11-13,17H,5-10H2,2-3H3,(H,15,18)/t11-,12-,13+/m0/s1. The Hall–Kier alpha value is -1.21. The van der Waals surface area contributed by atoms with E-state index in [1.54, 1.807) is 11.9 Å². The van der Waals surface area contributed by atoms with Crippen LogP contribution in [-0.2, 0) is 0 Å². The van der Waals surface area contributed by atoms with Crippen molar-refractivity contribution < 1.29 is 9.90 Å². The van der Waals surface area contributed by atoms with Gasteiger partial charge in [0.05, 0.1) is 6.10 Å². The van der Waals surface area contributed by atoms with Crippen molar-refractivity contribution in [1.29, 1.82) is 0 Å². The molecule has 0 aromatic carbocycles. The molecule has 3 atom stereocenters. The summed E-state index contributed by atoms with van der Waals surface area (Å²) < 4.78 is 0. The monoisotopic (exact) mass is 252 g/mol. The molecule has 0 bridgehead atoms. The molecule has 1 aliphatic rings. The summed E-state index contributed by atoms with van der Waals surface area (Å²) in [4.78, 5) is 13.6. The van der Waals surface area contributed by atoms with E-state index in [1.165, 1.54) is 0 Å². The summed E-state index contributed by atoms with van der Waals surface area (Å²) in [6.07, 6.45) is 9.30. The molecule has 1 fully saturated rings. The average molecular weight is 252 g/mol. The molecule has 0 unspecified atom stereocenters. The molecule has 0 aliphatic heterocycles. The molecule has 18 heavy (non-hydrogen) atoms. The van der Waals surface area contributed by atoms with Crippen LogP contribution in [0.25, 0.3) is 0 Å². The molecule has 4 nitrogen and oxygen atoms in total. The zero-order valence-electron chi connectivity index (χ0n) is 11.4. The van der Waals surface area contributed by atoms with Gasteiger partial charge in [-0.3, -0.25) is 0 Å². The molecule has 1 aliphatic carbocycles. The molecule has 1 rings (SSSR count). The van der Waals surface area contributed by atoms with Crippen LogP contribution in [0.4, 0.5) is 4.79 Å². The van der Waals surface area contributed by atoms with Crippen LogP contribution < -0.4 is 5.32 Å². The number of carbonyl (C=O) groups excluding carboxylic acids is 1. The zero-order chi connectivity index (χ0) is 13.5. The van der Waals surface area contributed by atoms with E-state index in [1.807, 2.05) is 6.92 Å². The lowest BCUT2D eigenvalue weighted by Gasteiger charge is -2.25. The Morgan fingerprint density at radius 3 is 2.83 bits per heavy atom. The highest BCUT2D eigenvalue weighted by molar-refractivity contribution is 5.74. The van der Waals surface area contributed by atoms with Crippen LogP contribution in [0.3, 0.4) is 0 Å². The number of nitrogens with zero attached hydrogens (tertiary/aromatic N) is 1. The number of nitrogens with one attached hydrogen (secondary N) is 1. The maximum absolute atomic E-state index is 11.9. The molecule has 0 saturated heterocycles. The van der Waals surface area contributed by atoms with Crippen LogP contribution in [0.5, 0.6) is 0 Å². The Morgan fingerprint density at radius 1 is 1.61 bits per heavy atom. The summed E-state index contributed by atoms with van der Waals surface area (Å²) in [5.41, 5.74) is 0. The Bertz CT molecular complexity index is 311. The van der Waals surface area contributed by atoms with Gasteiger partial charge in [0.1, 0.15) is 0 Å². The number of aliphatic hydroxyl groups excluding tert-OH is 1. The van der Waals surface area contributed by atoms with Crippen molar-refractivity contribution in [3.63, 3.8) is 0 Å². The SMILES string of the molecule is C#CC[C@H](CC)NC(=O)N(C)C[C@@H]1CCC[C@H]1O. The summed E-state index contributed by atoms with van der Waals surface area (Å²) >= 11 is 0. The molecule has 0 aromatic rings. The van der Waals surface area contributed by atoms with E-state index in [-0.39, 0.29) is 24.1 Å². The fourth-order valence-corrected chi connectivity index (χ4v) is 2.39. The van der Waals surface area contributed by atoms with Gasteiger partial charge < -0.3 is 15.3 Å². The number of hydrogen-bond acceptors (Lipinski definition) is 2. The number of rotatable bonds is 5. The van der Waals surface area contributed by atoms with Crippen molar-refractivity contribution in [2.75, 3.05) is 13.6 Å². The first-order valence-electron chi connectivity index (χ1n) is 6.71. The first-order chi connectivity index (χ1) is 8.58. The van der Waals surface area contributed by atoms with Gasteiger partial charge in [-0.05, 0) is 19.3 Å². The summed E-state index contributed by atoms with van der Waals surface area (Å²) in [5, 5.41) is 12.7. The van der Waals surface area contributed by atoms with Crippen LogP contribution in [-0.4, -0.2) is 41.8 Å². The molecule has 2 N–H and O–H groups in total. The average Bonchev–Trinajstić information content (AvgIpc) is 2.74. The number of urea groups is 1. The highest BCUT2D eigenvalue weighted by atomic mass is 16.3. The molecule has 1 saturated carbocycles. The highest BCUT2D eigenvalue weighted by Crippen LogP contribution is 2.25. The molecule has 0 heterocycles. The fraction of sp³-hybridized carbons (Fsp3) is 0.786. The van der Waals surface area contributed by atoms with Gasteiger partial charge in [0.2, 0.25) is 0 Å². The Balaban J connectivity index is 2.38. The third-order valence-corrected chi connectivity index (χ3v) is 3.66.